The number of carbonyl (C=O) groups is 2. The van der Waals surface area contributed by atoms with Gasteiger partial charge < -0.3 is 14.9 Å². The Kier molecular flexibility index (Phi) is 4.80. The van der Waals surface area contributed by atoms with Crippen molar-refractivity contribution in [2.24, 2.45) is 5.92 Å². The number of hydrogen-bond acceptors (Lipinski definition) is 4. The smallest absolute Gasteiger partial charge is 0.326 e. The minimum atomic E-state index is -1.03. The number of nitrogens with zero attached hydrogens (tertiary/aromatic N) is 1. The van der Waals surface area contributed by atoms with E-state index in [2.05, 4.69) is 10.5 Å². The van der Waals surface area contributed by atoms with Crippen LogP contribution in [0.3, 0.4) is 0 Å². The fourth-order valence-corrected chi connectivity index (χ4v) is 2.32. The zero-order valence-corrected chi connectivity index (χ0v) is 12.9. The van der Waals surface area contributed by atoms with Gasteiger partial charge in [-0.25, -0.2) is 4.79 Å². The number of aromatic nitrogens is 1. The van der Waals surface area contributed by atoms with E-state index in [4.69, 9.17) is 9.63 Å². The van der Waals surface area contributed by atoms with Crippen LogP contribution < -0.4 is 5.32 Å². The molecule has 2 N–H and O–H groups in total. The Bertz CT molecular complexity index is 691. The molecule has 1 amide bonds. The van der Waals surface area contributed by atoms with Crippen molar-refractivity contribution < 1.29 is 19.2 Å². The maximum atomic E-state index is 12.1. The summed E-state index contributed by atoms with van der Waals surface area (Å²) in [5.41, 5.74) is 2.18. The maximum Gasteiger partial charge on any atom is 0.326 e. The molecule has 0 aliphatic carbocycles. The predicted octanol–water partition coefficient (Wildman–Crippen LogP) is 2.29. The number of rotatable bonds is 6. The summed E-state index contributed by atoms with van der Waals surface area (Å²) in [6.07, 6.45) is 0.387. The average molecular weight is 304 g/mol. The molecular weight excluding hydrogens is 284 g/mol. The van der Waals surface area contributed by atoms with Gasteiger partial charge in [0, 0.05) is 5.39 Å². The van der Waals surface area contributed by atoms with E-state index < -0.39 is 12.0 Å². The lowest BCUT2D eigenvalue weighted by molar-refractivity contribution is -0.142. The van der Waals surface area contributed by atoms with Gasteiger partial charge >= 0.3 is 5.97 Å². The third-order valence-corrected chi connectivity index (χ3v) is 3.37. The Labute approximate surface area is 128 Å². The van der Waals surface area contributed by atoms with Crippen molar-refractivity contribution >= 4 is 22.8 Å². The van der Waals surface area contributed by atoms with E-state index in [1.54, 1.807) is 6.07 Å². The molecule has 0 saturated carbocycles. The van der Waals surface area contributed by atoms with E-state index in [1.807, 2.05) is 32.9 Å². The number of fused-ring (bicyclic) bond motifs is 1. The molecule has 118 valence electrons. The van der Waals surface area contributed by atoms with Crippen molar-refractivity contribution in [1.82, 2.24) is 10.5 Å². The van der Waals surface area contributed by atoms with Crippen LogP contribution in [0.5, 0.6) is 0 Å². The molecule has 22 heavy (non-hydrogen) atoms. The molecule has 1 unspecified atom stereocenters. The number of carbonyl (C=O) groups excluding carboxylic acids is 1. The maximum absolute atomic E-state index is 12.1. The van der Waals surface area contributed by atoms with Crippen molar-refractivity contribution in [3.05, 3.63) is 29.5 Å². The lowest BCUT2D eigenvalue weighted by Gasteiger charge is -2.16. The van der Waals surface area contributed by atoms with Crippen LogP contribution in [-0.2, 0) is 16.0 Å². The van der Waals surface area contributed by atoms with Crippen LogP contribution in [0, 0.1) is 12.8 Å². The Morgan fingerprint density at radius 2 is 2.09 bits per heavy atom. The van der Waals surface area contributed by atoms with Crippen molar-refractivity contribution in [1.29, 1.82) is 0 Å². The van der Waals surface area contributed by atoms with Crippen LogP contribution in [0.15, 0.2) is 22.7 Å². The third-order valence-electron chi connectivity index (χ3n) is 3.37. The van der Waals surface area contributed by atoms with Gasteiger partial charge in [-0.2, -0.15) is 0 Å². The monoisotopic (exact) mass is 304 g/mol. The molecule has 0 radical (unpaired) electrons. The molecule has 1 heterocycles. The number of benzene rings is 1. The highest BCUT2D eigenvalue weighted by molar-refractivity contribution is 5.88. The fraction of sp³-hybridized carbons (Fsp3) is 0.438. The zero-order valence-electron chi connectivity index (χ0n) is 12.9. The second-order valence-corrected chi connectivity index (χ2v) is 5.89. The van der Waals surface area contributed by atoms with Crippen LogP contribution in [0.1, 0.15) is 31.5 Å². The Morgan fingerprint density at radius 3 is 2.73 bits per heavy atom. The molecule has 1 aromatic carbocycles. The van der Waals surface area contributed by atoms with Crippen LogP contribution in [0.25, 0.3) is 11.0 Å². The van der Waals surface area contributed by atoms with E-state index in [0.29, 0.717) is 17.7 Å². The third kappa shape index (κ3) is 3.84. The lowest BCUT2D eigenvalue weighted by Crippen LogP contribution is -2.42. The van der Waals surface area contributed by atoms with Crippen molar-refractivity contribution in [3.8, 4) is 0 Å². The highest BCUT2D eigenvalue weighted by Gasteiger charge is 2.22. The van der Waals surface area contributed by atoms with Gasteiger partial charge in [0.2, 0.25) is 5.91 Å². The SMILES string of the molecule is Cc1ccc2onc(CC(=O)NC(CC(C)C)C(=O)O)c2c1. The molecule has 0 aliphatic rings. The predicted molar refractivity (Wildman–Crippen MR) is 81.5 cm³/mol. The Balaban J connectivity index is 2.10. The van der Waals surface area contributed by atoms with Gasteiger partial charge in [0.1, 0.15) is 11.7 Å². The second-order valence-electron chi connectivity index (χ2n) is 5.89. The van der Waals surface area contributed by atoms with Crippen molar-refractivity contribution in [2.45, 2.75) is 39.7 Å². The van der Waals surface area contributed by atoms with E-state index >= 15 is 0 Å². The van der Waals surface area contributed by atoms with Gasteiger partial charge in [0.25, 0.3) is 0 Å². The van der Waals surface area contributed by atoms with Gasteiger partial charge in [0.05, 0.1) is 6.42 Å². The first kappa shape index (κ1) is 16.0. The molecule has 6 heteroatoms. The van der Waals surface area contributed by atoms with Gasteiger partial charge in [-0.15, -0.1) is 0 Å². The molecule has 0 fully saturated rings. The van der Waals surface area contributed by atoms with Crippen LogP contribution in [0.4, 0.5) is 0 Å². The second kappa shape index (κ2) is 6.60. The average Bonchev–Trinajstić information content (AvgIpc) is 2.80. The summed E-state index contributed by atoms with van der Waals surface area (Å²) < 4.78 is 5.18. The Hall–Kier alpha value is -2.37. The number of carboxylic acid groups (broad SMARTS) is 1. The molecule has 1 atom stereocenters. The normalized spacial score (nSPS) is 12.5. The van der Waals surface area contributed by atoms with E-state index in [9.17, 15) is 9.59 Å². The molecule has 1 aromatic heterocycles. The van der Waals surface area contributed by atoms with Crippen LogP contribution >= 0.6 is 0 Å². The summed E-state index contributed by atoms with van der Waals surface area (Å²) >= 11 is 0. The number of aliphatic carboxylic acids is 1. The molecule has 0 saturated heterocycles. The summed E-state index contributed by atoms with van der Waals surface area (Å²) in [5.74, 6) is -1.22. The highest BCUT2D eigenvalue weighted by Crippen LogP contribution is 2.20. The molecule has 2 aromatic rings. The minimum Gasteiger partial charge on any atom is -0.480 e. The number of hydrogen-bond donors (Lipinski definition) is 2. The van der Waals surface area contributed by atoms with Gasteiger partial charge in [-0.05, 0) is 31.4 Å². The number of amides is 1. The van der Waals surface area contributed by atoms with Crippen LogP contribution in [0.2, 0.25) is 0 Å². The number of carboxylic acids is 1. The Morgan fingerprint density at radius 1 is 1.36 bits per heavy atom. The quantitative estimate of drug-likeness (QED) is 0.854. The van der Waals surface area contributed by atoms with Crippen molar-refractivity contribution in [3.63, 3.8) is 0 Å². The summed E-state index contributed by atoms with van der Waals surface area (Å²) in [4.78, 5) is 23.3. The standard InChI is InChI=1S/C16H20N2O4/c1-9(2)6-13(16(20)21)17-15(19)8-12-11-7-10(3)4-5-14(11)22-18-12/h4-5,7,9,13H,6,8H2,1-3H3,(H,17,19)(H,20,21). The van der Waals surface area contributed by atoms with Crippen molar-refractivity contribution in [2.75, 3.05) is 0 Å². The first-order valence-electron chi connectivity index (χ1n) is 7.24. The summed E-state index contributed by atoms with van der Waals surface area (Å²) in [5, 5.41) is 16.4. The van der Waals surface area contributed by atoms with Gasteiger partial charge in [-0.1, -0.05) is 30.6 Å². The minimum absolute atomic E-state index is 0.00166. The van der Waals surface area contributed by atoms with Gasteiger partial charge in [0.15, 0.2) is 5.58 Å². The lowest BCUT2D eigenvalue weighted by atomic mass is 10.0. The van der Waals surface area contributed by atoms with Crippen LogP contribution in [-0.4, -0.2) is 28.2 Å². The number of aryl methyl sites for hydroxylation is 1. The summed E-state index contributed by atoms with van der Waals surface area (Å²) in [7, 11) is 0. The zero-order chi connectivity index (χ0) is 16.3. The van der Waals surface area contributed by atoms with Gasteiger partial charge in [-0.3, -0.25) is 4.79 Å². The topological polar surface area (TPSA) is 92.4 Å². The first-order chi connectivity index (χ1) is 10.4. The summed E-state index contributed by atoms with van der Waals surface area (Å²) in [6, 6.07) is 4.72. The molecule has 0 bridgehead atoms. The van der Waals surface area contributed by atoms with E-state index in [1.165, 1.54) is 0 Å². The molecule has 0 aliphatic heterocycles. The highest BCUT2D eigenvalue weighted by atomic mass is 16.5. The molecule has 0 spiro atoms. The first-order valence-corrected chi connectivity index (χ1v) is 7.24. The fourth-order valence-electron chi connectivity index (χ4n) is 2.32. The molecule has 6 nitrogen and oxygen atoms in total. The van der Waals surface area contributed by atoms with E-state index in [0.717, 1.165) is 10.9 Å². The summed E-state index contributed by atoms with van der Waals surface area (Å²) in [6.45, 7) is 5.77. The molecule has 2 rings (SSSR count). The largest absolute Gasteiger partial charge is 0.480 e. The number of nitrogens with one attached hydrogen (secondary N) is 1. The molecular formula is C16H20N2O4. The van der Waals surface area contributed by atoms with E-state index in [-0.39, 0.29) is 18.2 Å².